The van der Waals surface area contributed by atoms with E-state index in [1.807, 2.05) is 13.1 Å². The Balaban J connectivity index is 1.43. The number of rotatable bonds is 3. The third-order valence-electron chi connectivity index (χ3n) is 5.78. The van der Waals surface area contributed by atoms with Crippen LogP contribution in [0.25, 0.3) is 0 Å². The second-order valence-corrected chi connectivity index (χ2v) is 7.46. The monoisotopic (exact) mass is 371 g/mol. The van der Waals surface area contributed by atoms with Gasteiger partial charge in [-0.25, -0.2) is 14.8 Å². The van der Waals surface area contributed by atoms with E-state index in [4.69, 9.17) is 9.72 Å². The number of nitrogens with one attached hydrogen (secondary N) is 1. The van der Waals surface area contributed by atoms with Gasteiger partial charge in [0.25, 0.3) is 5.56 Å². The van der Waals surface area contributed by atoms with Gasteiger partial charge in [0.1, 0.15) is 11.4 Å². The molecule has 1 saturated heterocycles. The van der Waals surface area contributed by atoms with E-state index in [-0.39, 0.29) is 16.9 Å². The Labute approximate surface area is 157 Å². The fourth-order valence-electron chi connectivity index (χ4n) is 4.09. The lowest BCUT2D eigenvalue weighted by Gasteiger charge is -2.44. The Kier molecular flexibility index (Phi) is 4.69. The van der Waals surface area contributed by atoms with Crippen LogP contribution >= 0.6 is 0 Å². The van der Waals surface area contributed by atoms with Crippen LogP contribution in [0, 0.1) is 6.92 Å². The third kappa shape index (κ3) is 3.35. The molecule has 4 heterocycles. The molecule has 1 fully saturated rings. The molecule has 0 saturated carbocycles. The third-order valence-corrected chi connectivity index (χ3v) is 5.78. The van der Waals surface area contributed by atoms with Gasteiger partial charge in [-0.2, -0.15) is 0 Å². The predicted molar refractivity (Wildman–Crippen MR) is 99.8 cm³/mol. The fourth-order valence-corrected chi connectivity index (χ4v) is 4.09. The number of likely N-dealkylation sites (tertiary alicyclic amines) is 1. The standard InChI is InChI=1S/C19H25N5O3/c1-13-20-11-14-4-10-27-19(16(14)22-13)5-8-24(9-6-19)7-3-15-12-21-18(26)23(2)17(15)25/h11-12H,3-10H2,1-2H3,(H,21,26). The van der Waals surface area contributed by atoms with Crippen molar-refractivity contribution in [2.45, 2.75) is 38.2 Å². The summed E-state index contributed by atoms with van der Waals surface area (Å²) in [7, 11) is 1.50. The van der Waals surface area contributed by atoms with Gasteiger partial charge < -0.3 is 14.6 Å². The molecule has 0 amide bonds. The molecule has 0 atom stereocenters. The summed E-state index contributed by atoms with van der Waals surface area (Å²) >= 11 is 0. The van der Waals surface area contributed by atoms with Crippen molar-refractivity contribution in [3.05, 3.63) is 55.9 Å². The minimum atomic E-state index is -0.380. The molecular formula is C19H25N5O3. The van der Waals surface area contributed by atoms with Crippen molar-refractivity contribution in [1.82, 2.24) is 24.4 Å². The number of nitrogens with zero attached hydrogens (tertiary/aromatic N) is 4. The molecule has 2 aliphatic rings. The first-order chi connectivity index (χ1) is 13.0. The number of piperidine rings is 1. The first-order valence-corrected chi connectivity index (χ1v) is 9.45. The van der Waals surface area contributed by atoms with Gasteiger partial charge in [-0.15, -0.1) is 0 Å². The van der Waals surface area contributed by atoms with E-state index >= 15 is 0 Å². The maximum atomic E-state index is 12.2. The van der Waals surface area contributed by atoms with Crippen LogP contribution in [-0.4, -0.2) is 50.7 Å². The van der Waals surface area contributed by atoms with Gasteiger partial charge in [-0.3, -0.25) is 9.36 Å². The van der Waals surface area contributed by atoms with Gasteiger partial charge in [0.2, 0.25) is 0 Å². The average molecular weight is 371 g/mol. The normalized spacial score (nSPS) is 19.2. The molecular weight excluding hydrogens is 346 g/mol. The summed E-state index contributed by atoms with van der Waals surface area (Å²) in [4.78, 5) is 37.6. The first kappa shape index (κ1) is 18.1. The summed E-state index contributed by atoms with van der Waals surface area (Å²) in [6, 6.07) is 0. The van der Waals surface area contributed by atoms with Crippen LogP contribution in [0.1, 0.15) is 35.5 Å². The number of aryl methyl sites for hydroxylation is 1. The summed E-state index contributed by atoms with van der Waals surface area (Å²) in [5.74, 6) is 0.787. The number of hydrogen-bond acceptors (Lipinski definition) is 6. The number of aromatic amines is 1. The molecule has 0 aliphatic carbocycles. The number of H-pyrrole nitrogens is 1. The molecule has 2 aromatic heterocycles. The molecule has 8 nitrogen and oxygen atoms in total. The summed E-state index contributed by atoms with van der Waals surface area (Å²) in [5.41, 5.74) is 2.01. The summed E-state index contributed by atoms with van der Waals surface area (Å²) < 4.78 is 7.36. The molecule has 2 aliphatic heterocycles. The highest BCUT2D eigenvalue weighted by Crippen LogP contribution is 2.40. The molecule has 0 aromatic carbocycles. The van der Waals surface area contributed by atoms with Gasteiger partial charge in [-0.1, -0.05) is 0 Å². The van der Waals surface area contributed by atoms with Gasteiger partial charge in [0.05, 0.1) is 12.3 Å². The van der Waals surface area contributed by atoms with E-state index < -0.39 is 0 Å². The SMILES string of the molecule is Cc1ncc2c(n1)C1(CCN(CCc3c[nH]c(=O)n(C)c3=O)CC1)OCC2. The van der Waals surface area contributed by atoms with Crippen molar-refractivity contribution in [2.24, 2.45) is 7.05 Å². The topological polar surface area (TPSA) is 93.1 Å². The van der Waals surface area contributed by atoms with Crippen molar-refractivity contribution in [3.8, 4) is 0 Å². The lowest BCUT2D eigenvalue weighted by molar-refractivity contribution is -0.101. The Morgan fingerprint density at radius 3 is 2.85 bits per heavy atom. The Morgan fingerprint density at radius 2 is 2.07 bits per heavy atom. The number of ether oxygens (including phenoxy) is 1. The van der Waals surface area contributed by atoms with Crippen molar-refractivity contribution in [1.29, 1.82) is 0 Å². The molecule has 8 heteroatoms. The summed E-state index contributed by atoms with van der Waals surface area (Å²) in [5, 5.41) is 0. The average Bonchev–Trinajstić information content (AvgIpc) is 2.68. The molecule has 4 rings (SSSR count). The quantitative estimate of drug-likeness (QED) is 0.833. The maximum Gasteiger partial charge on any atom is 0.328 e. The second-order valence-electron chi connectivity index (χ2n) is 7.46. The smallest absolute Gasteiger partial charge is 0.328 e. The molecule has 144 valence electrons. The minimum Gasteiger partial charge on any atom is -0.368 e. The maximum absolute atomic E-state index is 12.2. The molecule has 1 N–H and O–H groups in total. The largest absolute Gasteiger partial charge is 0.368 e. The van der Waals surface area contributed by atoms with Crippen molar-refractivity contribution < 1.29 is 4.74 Å². The minimum absolute atomic E-state index is 0.219. The van der Waals surface area contributed by atoms with Crippen LogP contribution in [0.2, 0.25) is 0 Å². The zero-order valence-electron chi connectivity index (χ0n) is 15.8. The molecule has 2 aromatic rings. The van der Waals surface area contributed by atoms with Crippen molar-refractivity contribution in [3.63, 3.8) is 0 Å². The molecule has 0 unspecified atom stereocenters. The van der Waals surface area contributed by atoms with Crippen molar-refractivity contribution in [2.75, 3.05) is 26.2 Å². The van der Waals surface area contributed by atoms with Crippen LogP contribution in [0.15, 0.2) is 22.0 Å². The van der Waals surface area contributed by atoms with E-state index in [9.17, 15) is 9.59 Å². The van der Waals surface area contributed by atoms with E-state index in [0.717, 1.165) is 55.0 Å². The van der Waals surface area contributed by atoms with E-state index in [0.29, 0.717) is 18.6 Å². The van der Waals surface area contributed by atoms with E-state index in [2.05, 4.69) is 14.9 Å². The first-order valence-electron chi connectivity index (χ1n) is 9.45. The lowest BCUT2D eigenvalue weighted by atomic mass is 9.83. The van der Waals surface area contributed by atoms with Crippen LogP contribution < -0.4 is 11.2 Å². The lowest BCUT2D eigenvalue weighted by Crippen LogP contribution is -2.48. The Hall–Kier alpha value is -2.32. The van der Waals surface area contributed by atoms with Crippen LogP contribution in [0.5, 0.6) is 0 Å². The number of fused-ring (bicyclic) bond motifs is 2. The number of hydrogen-bond donors (Lipinski definition) is 1. The second kappa shape index (κ2) is 7.01. The van der Waals surface area contributed by atoms with Gasteiger partial charge in [-0.05, 0) is 38.2 Å². The zero-order valence-corrected chi connectivity index (χ0v) is 15.8. The van der Waals surface area contributed by atoms with Gasteiger partial charge in [0, 0.05) is 44.6 Å². The molecule has 0 bridgehead atoms. The van der Waals surface area contributed by atoms with E-state index in [1.54, 1.807) is 0 Å². The van der Waals surface area contributed by atoms with Crippen molar-refractivity contribution >= 4 is 0 Å². The molecule has 27 heavy (non-hydrogen) atoms. The highest BCUT2D eigenvalue weighted by molar-refractivity contribution is 5.27. The fraction of sp³-hybridized carbons (Fsp3) is 0.579. The highest BCUT2D eigenvalue weighted by Gasteiger charge is 2.42. The van der Waals surface area contributed by atoms with Gasteiger partial charge in [0.15, 0.2) is 0 Å². The van der Waals surface area contributed by atoms with Gasteiger partial charge >= 0.3 is 5.69 Å². The zero-order chi connectivity index (χ0) is 19.0. The summed E-state index contributed by atoms with van der Waals surface area (Å²) in [6.07, 6.45) is 6.75. The predicted octanol–water partition coefficient (Wildman–Crippen LogP) is 0.279. The van der Waals surface area contributed by atoms with Crippen LogP contribution in [0.3, 0.4) is 0 Å². The molecule has 1 spiro atoms. The highest BCUT2D eigenvalue weighted by atomic mass is 16.5. The number of aromatic nitrogens is 4. The van der Waals surface area contributed by atoms with Crippen LogP contribution in [-0.2, 0) is 30.2 Å². The molecule has 0 radical (unpaired) electrons. The van der Waals surface area contributed by atoms with Crippen LogP contribution in [0.4, 0.5) is 0 Å². The summed E-state index contributed by atoms with van der Waals surface area (Å²) in [6.45, 7) is 5.21. The Morgan fingerprint density at radius 1 is 1.30 bits per heavy atom. The van der Waals surface area contributed by atoms with E-state index in [1.165, 1.54) is 18.8 Å². The Bertz CT molecular complexity index is 957.